The lowest BCUT2D eigenvalue weighted by Gasteiger charge is -2.30. The molecular formula is C50H35N3. The Morgan fingerprint density at radius 1 is 0.321 bits per heavy atom. The third-order valence-corrected chi connectivity index (χ3v) is 10.3. The molecule has 0 amide bonds. The van der Waals surface area contributed by atoms with Crippen molar-refractivity contribution in [3.8, 4) is 5.69 Å². The van der Waals surface area contributed by atoms with Crippen molar-refractivity contribution < 1.29 is 0 Å². The van der Waals surface area contributed by atoms with Crippen LogP contribution < -0.4 is 9.80 Å². The van der Waals surface area contributed by atoms with Crippen molar-refractivity contribution in [2.75, 3.05) is 9.80 Å². The van der Waals surface area contributed by atoms with E-state index in [2.05, 4.69) is 227 Å². The molecule has 0 radical (unpaired) electrons. The Bertz CT molecular complexity index is 2800. The zero-order chi connectivity index (χ0) is 35.1. The van der Waals surface area contributed by atoms with Gasteiger partial charge in [0.15, 0.2) is 0 Å². The van der Waals surface area contributed by atoms with E-state index in [0.29, 0.717) is 0 Å². The molecule has 0 fully saturated rings. The fourth-order valence-corrected chi connectivity index (χ4v) is 7.94. The summed E-state index contributed by atoms with van der Waals surface area (Å²) in [5.41, 5.74) is 9.99. The number of benzene rings is 9. The van der Waals surface area contributed by atoms with E-state index in [1.165, 1.54) is 37.8 Å². The Hall–Kier alpha value is -7.10. The van der Waals surface area contributed by atoms with Gasteiger partial charge in [-0.05, 0) is 89.0 Å². The second kappa shape index (κ2) is 12.9. The molecule has 3 heteroatoms. The van der Waals surface area contributed by atoms with Crippen LogP contribution >= 0.6 is 0 Å². The van der Waals surface area contributed by atoms with Gasteiger partial charge in [0.05, 0.1) is 22.4 Å². The number of rotatable bonds is 7. The van der Waals surface area contributed by atoms with E-state index in [1.807, 2.05) is 0 Å². The van der Waals surface area contributed by atoms with Crippen LogP contribution in [-0.4, -0.2) is 4.57 Å². The van der Waals surface area contributed by atoms with Gasteiger partial charge in [-0.1, -0.05) is 140 Å². The first-order valence-electron chi connectivity index (χ1n) is 18.1. The number of fused-ring (bicyclic) bond motifs is 6. The highest BCUT2D eigenvalue weighted by Gasteiger charge is 2.25. The number of nitrogens with zero attached hydrogens (tertiary/aromatic N) is 3. The summed E-state index contributed by atoms with van der Waals surface area (Å²) >= 11 is 0. The molecule has 53 heavy (non-hydrogen) atoms. The smallest absolute Gasteiger partial charge is 0.0620 e. The van der Waals surface area contributed by atoms with E-state index >= 15 is 0 Å². The third kappa shape index (κ3) is 5.30. The fraction of sp³-hybridized carbons (Fsp3) is 0. The Kier molecular flexibility index (Phi) is 7.47. The minimum atomic E-state index is 1.07. The zero-order valence-electron chi connectivity index (χ0n) is 29.0. The van der Waals surface area contributed by atoms with Gasteiger partial charge in [-0.3, -0.25) is 0 Å². The first-order chi connectivity index (χ1) is 26.3. The molecule has 0 bridgehead atoms. The molecule has 0 saturated carbocycles. The maximum atomic E-state index is 2.49. The molecule has 0 aliphatic heterocycles. The molecule has 0 aliphatic rings. The third-order valence-electron chi connectivity index (χ3n) is 10.3. The topological polar surface area (TPSA) is 11.4 Å². The molecule has 1 heterocycles. The van der Waals surface area contributed by atoms with Crippen LogP contribution in [0.3, 0.4) is 0 Å². The van der Waals surface area contributed by atoms with Crippen LogP contribution in [0.25, 0.3) is 49.0 Å². The van der Waals surface area contributed by atoms with Crippen LogP contribution in [0.2, 0.25) is 0 Å². The van der Waals surface area contributed by atoms with Crippen LogP contribution in [0, 0.1) is 0 Å². The standard InChI is InChI=1S/C50H35N3/c1-5-20-39(21-6-1)51(40-22-7-2-8-23-40)44-34-47(52(41-24-9-3-10-25-41)42-26-11-4-12-27-42)49-46-32-30-37-18-15-16-28-45(37)50(46)53(48(49)35-44)43-31-29-36-17-13-14-19-38(36)33-43/h1-35H. The molecule has 10 rings (SSSR count). The second-order valence-corrected chi connectivity index (χ2v) is 13.4. The highest BCUT2D eigenvalue weighted by Crippen LogP contribution is 2.49. The summed E-state index contributed by atoms with van der Waals surface area (Å²) in [7, 11) is 0. The van der Waals surface area contributed by atoms with E-state index < -0.39 is 0 Å². The first-order valence-corrected chi connectivity index (χ1v) is 18.1. The zero-order valence-corrected chi connectivity index (χ0v) is 29.0. The normalized spacial score (nSPS) is 11.4. The van der Waals surface area contributed by atoms with Crippen LogP contribution in [0.15, 0.2) is 212 Å². The predicted octanol–water partition coefficient (Wildman–Crippen LogP) is 14.0. The van der Waals surface area contributed by atoms with Gasteiger partial charge < -0.3 is 14.4 Å². The Labute approximate surface area is 308 Å². The lowest BCUT2D eigenvalue weighted by molar-refractivity contribution is 1.18. The summed E-state index contributed by atoms with van der Waals surface area (Å²) in [5.74, 6) is 0. The van der Waals surface area contributed by atoms with Crippen molar-refractivity contribution in [3.63, 3.8) is 0 Å². The van der Waals surface area contributed by atoms with Crippen LogP contribution in [0.4, 0.5) is 34.1 Å². The molecule has 9 aromatic carbocycles. The van der Waals surface area contributed by atoms with Gasteiger partial charge in [0.1, 0.15) is 0 Å². The molecule has 3 nitrogen and oxygen atoms in total. The van der Waals surface area contributed by atoms with Crippen molar-refractivity contribution in [2.45, 2.75) is 0 Å². The molecule has 0 spiro atoms. The molecular weight excluding hydrogens is 643 g/mol. The van der Waals surface area contributed by atoms with Crippen molar-refractivity contribution >= 4 is 77.5 Å². The minimum absolute atomic E-state index is 1.07. The molecule has 0 unspecified atom stereocenters. The van der Waals surface area contributed by atoms with Gasteiger partial charge in [0, 0.05) is 44.6 Å². The van der Waals surface area contributed by atoms with Crippen LogP contribution in [0.5, 0.6) is 0 Å². The maximum Gasteiger partial charge on any atom is 0.0620 e. The number of anilines is 6. The van der Waals surface area contributed by atoms with Crippen LogP contribution in [0.1, 0.15) is 0 Å². The van der Waals surface area contributed by atoms with E-state index in [9.17, 15) is 0 Å². The van der Waals surface area contributed by atoms with Crippen molar-refractivity contribution in [1.29, 1.82) is 0 Å². The molecule has 250 valence electrons. The lowest BCUT2D eigenvalue weighted by Crippen LogP contribution is -2.14. The SMILES string of the molecule is c1ccc(N(c2ccccc2)c2cc(N(c3ccccc3)c3ccccc3)c3c4ccc5ccccc5c4n(-c4ccc5ccccc5c4)c3c2)cc1. The number of para-hydroxylation sites is 4. The summed E-state index contributed by atoms with van der Waals surface area (Å²) in [6.07, 6.45) is 0. The Balaban J connectivity index is 1.41. The summed E-state index contributed by atoms with van der Waals surface area (Å²) in [6.45, 7) is 0. The second-order valence-electron chi connectivity index (χ2n) is 13.4. The molecule has 1 aromatic heterocycles. The van der Waals surface area contributed by atoms with E-state index in [4.69, 9.17) is 0 Å². The van der Waals surface area contributed by atoms with Gasteiger partial charge in [-0.25, -0.2) is 0 Å². The van der Waals surface area contributed by atoms with Gasteiger partial charge in [-0.2, -0.15) is 0 Å². The minimum Gasteiger partial charge on any atom is -0.310 e. The van der Waals surface area contributed by atoms with Crippen molar-refractivity contribution in [1.82, 2.24) is 4.57 Å². The van der Waals surface area contributed by atoms with Gasteiger partial charge in [0.2, 0.25) is 0 Å². The van der Waals surface area contributed by atoms with Crippen molar-refractivity contribution in [3.05, 3.63) is 212 Å². The van der Waals surface area contributed by atoms with E-state index in [-0.39, 0.29) is 0 Å². The average Bonchev–Trinajstić information content (AvgIpc) is 3.57. The highest BCUT2D eigenvalue weighted by atomic mass is 15.2. The maximum absolute atomic E-state index is 2.49. The first kappa shape index (κ1) is 30.7. The predicted molar refractivity (Wildman–Crippen MR) is 225 cm³/mol. The number of hydrogen-bond acceptors (Lipinski definition) is 2. The summed E-state index contributed by atoms with van der Waals surface area (Å²) < 4.78 is 2.49. The van der Waals surface area contributed by atoms with E-state index in [0.717, 1.165) is 45.3 Å². The monoisotopic (exact) mass is 677 g/mol. The fourth-order valence-electron chi connectivity index (χ4n) is 7.94. The lowest BCUT2D eigenvalue weighted by atomic mass is 10.0. The number of aromatic nitrogens is 1. The highest BCUT2D eigenvalue weighted by molar-refractivity contribution is 6.23. The van der Waals surface area contributed by atoms with E-state index in [1.54, 1.807) is 0 Å². The summed E-state index contributed by atoms with van der Waals surface area (Å²) in [4.78, 5) is 4.79. The molecule has 0 aliphatic carbocycles. The quantitative estimate of drug-likeness (QED) is 0.166. The average molecular weight is 678 g/mol. The van der Waals surface area contributed by atoms with Gasteiger partial charge >= 0.3 is 0 Å². The van der Waals surface area contributed by atoms with Crippen LogP contribution in [-0.2, 0) is 0 Å². The Morgan fingerprint density at radius 2 is 0.811 bits per heavy atom. The number of hydrogen-bond donors (Lipinski definition) is 0. The van der Waals surface area contributed by atoms with Crippen molar-refractivity contribution in [2.24, 2.45) is 0 Å². The summed E-state index contributed by atoms with van der Waals surface area (Å²) in [5, 5.41) is 7.26. The van der Waals surface area contributed by atoms with Gasteiger partial charge in [-0.15, -0.1) is 0 Å². The molecule has 0 atom stereocenters. The summed E-state index contributed by atoms with van der Waals surface area (Å²) in [6, 6.07) is 76.5. The Morgan fingerprint density at radius 3 is 1.42 bits per heavy atom. The molecule has 0 saturated heterocycles. The van der Waals surface area contributed by atoms with Gasteiger partial charge in [0.25, 0.3) is 0 Å². The molecule has 10 aromatic rings. The largest absolute Gasteiger partial charge is 0.310 e. The molecule has 0 N–H and O–H groups in total.